The van der Waals surface area contributed by atoms with E-state index in [9.17, 15) is 0 Å². The number of nitrogens with two attached hydrogens (primary N) is 1. The first-order valence-corrected chi connectivity index (χ1v) is 7.28. The van der Waals surface area contributed by atoms with Crippen molar-refractivity contribution in [2.75, 3.05) is 7.11 Å². The molecular weight excluding hydrogens is 298 g/mol. The molecule has 3 aromatic rings. The summed E-state index contributed by atoms with van der Waals surface area (Å²) in [4.78, 5) is 0. The predicted molar refractivity (Wildman–Crippen MR) is 88.5 cm³/mol. The van der Waals surface area contributed by atoms with Gasteiger partial charge in [0.25, 0.3) is 0 Å². The van der Waals surface area contributed by atoms with Gasteiger partial charge in [0.2, 0.25) is 0 Å². The highest BCUT2D eigenvalue weighted by atomic mass is 35.5. The van der Waals surface area contributed by atoms with E-state index < -0.39 is 0 Å². The number of methoxy groups -OCH3 is 1. The van der Waals surface area contributed by atoms with Gasteiger partial charge in [-0.2, -0.15) is 5.10 Å². The van der Waals surface area contributed by atoms with Crippen molar-refractivity contribution < 1.29 is 4.74 Å². The van der Waals surface area contributed by atoms with Gasteiger partial charge in [-0.3, -0.25) is 0 Å². The van der Waals surface area contributed by atoms with Gasteiger partial charge >= 0.3 is 0 Å². The second-order valence-electron chi connectivity index (χ2n) is 4.84. The molecule has 0 radical (unpaired) electrons. The fourth-order valence-corrected chi connectivity index (χ4v) is 2.40. The minimum Gasteiger partial charge on any atom is -0.497 e. The fourth-order valence-electron chi connectivity index (χ4n) is 2.28. The van der Waals surface area contributed by atoms with Gasteiger partial charge in [-0.25, -0.2) is 4.68 Å². The summed E-state index contributed by atoms with van der Waals surface area (Å²) in [5.74, 6) is 0.820. The number of benzene rings is 2. The summed E-state index contributed by atoms with van der Waals surface area (Å²) in [5, 5.41) is 5.26. The Bertz CT molecular complexity index is 764. The molecule has 4 nitrogen and oxygen atoms in total. The lowest BCUT2D eigenvalue weighted by Gasteiger charge is -2.08. The van der Waals surface area contributed by atoms with Crippen LogP contribution in [-0.4, -0.2) is 16.9 Å². The SMILES string of the molecule is COc1ccc(-c2cc(CN)nn2-c2ccc(Cl)cc2)cc1. The van der Waals surface area contributed by atoms with Crippen molar-refractivity contribution >= 4 is 11.6 Å². The zero-order valence-corrected chi connectivity index (χ0v) is 12.9. The van der Waals surface area contributed by atoms with Crippen LogP contribution in [0.4, 0.5) is 0 Å². The van der Waals surface area contributed by atoms with Gasteiger partial charge < -0.3 is 10.5 Å². The average Bonchev–Trinajstić information content (AvgIpc) is 3.00. The fraction of sp³-hybridized carbons (Fsp3) is 0.118. The highest BCUT2D eigenvalue weighted by Gasteiger charge is 2.11. The van der Waals surface area contributed by atoms with Crippen LogP contribution in [0.25, 0.3) is 16.9 Å². The lowest BCUT2D eigenvalue weighted by molar-refractivity contribution is 0.415. The van der Waals surface area contributed by atoms with Crippen molar-refractivity contribution in [2.24, 2.45) is 5.73 Å². The number of rotatable bonds is 4. The van der Waals surface area contributed by atoms with Crippen LogP contribution in [0.5, 0.6) is 5.75 Å². The van der Waals surface area contributed by atoms with E-state index in [1.807, 2.05) is 59.3 Å². The zero-order chi connectivity index (χ0) is 15.5. The Morgan fingerprint density at radius 2 is 1.77 bits per heavy atom. The third-order valence-electron chi connectivity index (χ3n) is 3.43. The Balaban J connectivity index is 2.09. The Hall–Kier alpha value is -2.30. The third kappa shape index (κ3) is 2.84. The van der Waals surface area contributed by atoms with Gasteiger partial charge in [0.15, 0.2) is 0 Å². The molecule has 112 valence electrons. The van der Waals surface area contributed by atoms with Crippen LogP contribution < -0.4 is 10.5 Å². The molecule has 0 saturated heterocycles. The molecule has 0 aliphatic rings. The molecule has 0 bridgehead atoms. The summed E-state index contributed by atoms with van der Waals surface area (Å²) >= 11 is 5.96. The molecule has 0 atom stereocenters. The summed E-state index contributed by atoms with van der Waals surface area (Å²) < 4.78 is 7.08. The summed E-state index contributed by atoms with van der Waals surface area (Å²) in [6.07, 6.45) is 0. The predicted octanol–water partition coefficient (Wildman–Crippen LogP) is 3.66. The standard InChI is InChI=1S/C17H16ClN3O/c1-22-16-8-2-12(3-9-16)17-10-14(11-19)20-21(17)15-6-4-13(18)5-7-15/h2-10H,11,19H2,1H3. The molecule has 1 heterocycles. The molecule has 0 unspecified atom stereocenters. The smallest absolute Gasteiger partial charge is 0.118 e. The lowest BCUT2D eigenvalue weighted by Crippen LogP contribution is -2.01. The number of halogens is 1. The van der Waals surface area contributed by atoms with E-state index in [1.165, 1.54) is 0 Å². The second kappa shape index (κ2) is 6.22. The molecular formula is C17H16ClN3O. The first kappa shape index (κ1) is 14.6. The van der Waals surface area contributed by atoms with Crippen molar-refractivity contribution in [2.45, 2.75) is 6.54 Å². The first-order valence-electron chi connectivity index (χ1n) is 6.90. The quantitative estimate of drug-likeness (QED) is 0.799. The molecule has 3 rings (SSSR count). The van der Waals surface area contributed by atoms with E-state index in [0.717, 1.165) is 28.4 Å². The number of hydrogen-bond donors (Lipinski definition) is 1. The molecule has 0 aliphatic carbocycles. The number of aromatic nitrogens is 2. The first-order chi connectivity index (χ1) is 10.7. The van der Waals surface area contributed by atoms with E-state index in [2.05, 4.69) is 5.10 Å². The topological polar surface area (TPSA) is 53.1 Å². The van der Waals surface area contributed by atoms with Crippen LogP contribution in [0.1, 0.15) is 5.69 Å². The van der Waals surface area contributed by atoms with Crippen molar-refractivity contribution in [3.05, 3.63) is 65.3 Å². The van der Waals surface area contributed by atoms with Gasteiger partial charge in [0.1, 0.15) is 5.75 Å². The highest BCUT2D eigenvalue weighted by Crippen LogP contribution is 2.26. The van der Waals surface area contributed by atoms with Crippen molar-refractivity contribution in [3.8, 4) is 22.7 Å². The Morgan fingerprint density at radius 1 is 1.09 bits per heavy atom. The van der Waals surface area contributed by atoms with E-state index in [-0.39, 0.29) is 0 Å². The third-order valence-corrected chi connectivity index (χ3v) is 3.68. The average molecular weight is 314 g/mol. The zero-order valence-electron chi connectivity index (χ0n) is 12.2. The maximum Gasteiger partial charge on any atom is 0.118 e. The molecule has 2 aromatic carbocycles. The monoisotopic (exact) mass is 313 g/mol. The van der Waals surface area contributed by atoms with Crippen molar-refractivity contribution in [1.29, 1.82) is 0 Å². The van der Waals surface area contributed by atoms with Crippen molar-refractivity contribution in [1.82, 2.24) is 9.78 Å². The Morgan fingerprint density at radius 3 is 2.36 bits per heavy atom. The number of ether oxygens (including phenoxy) is 1. The molecule has 22 heavy (non-hydrogen) atoms. The number of nitrogens with zero attached hydrogens (tertiary/aromatic N) is 2. The minimum absolute atomic E-state index is 0.393. The molecule has 0 saturated carbocycles. The highest BCUT2D eigenvalue weighted by molar-refractivity contribution is 6.30. The molecule has 0 fully saturated rings. The van der Waals surface area contributed by atoms with E-state index >= 15 is 0 Å². The van der Waals surface area contributed by atoms with Crippen LogP contribution >= 0.6 is 11.6 Å². The molecule has 5 heteroatoms. The summed E-state index contributed by atoms with van der Waals surface area (Å²) in [6, 6.07) is 17.4. The second-order valence-corrected chi connectivity index (χ2v) is 5.28. The van der Waals surface area contributed by atoms with Crippen LogP contribution in [0, 0.1) is 0 Å². The summed E-state index contributed by atoms with van der Waals surface area (Å²) in [6.45, 7) is 0.393. The Labute approximate surface area is 134 Å². The van der Waals surface area contributed by atoms with E-state index in [1.54, 1.807) is 7.11 Å². The van der Waals surface area contributed by atoms with Crippen LogP contribution in [0.15, 0.2) is 54.6 Å². The van der Waals surface area contributed by atoms with Crippen LogP contribution in [0.3, 0.4) is 0 Å². The van der Waals surface area contributed by atoms with Crippen LogP contribution in [-0.2, 0) is 6.54 Å². The Kier molecular flexibility index (Phi) is 4.13. The summed E-state index contributed by atoms with van der Waals surface area (Å²) in [5.41, 5.74) is 9.54. The van der Waals surface area contributed by atoms with Gasteiger partial charge in [0.05, 0.1) is 24.2 Å². The molecule has 1 aromatic heterocycles. The molecule has 0 spiro atoms. The summed E-state index contributed by atoms with van der Waals surface area (Å²) in [7, 11) is 1.65. The molecule has 0 aliphatic heterocycles. The van der Waals surface area contributed by atoms with Crippen LogP contribution in [0.2, 0.25) is 5.02 Å². The van der Waals surface area contributed by atoms with E-state index in [0.29, 0.717) is 11.6 Å². The molecule has 2 N–H and O–H groups in total. The maximum atomic E-state index is 5.96. The van der Waals surface area contributed by atoms with Gasteiger partial charge in [-0.15, -0.1) is 0 Å². The normalized spacial score (nSPS) is 10.7. The van der Waals surface area contributed by atoms with E-state index in [4.69, 9.17) is 22.1 Å². The van der Waals surface area contributed by atoms with Gasteiger partial charge in [0, 0.05) is 17.1 Å². The lowest BCUT2D eigenvalue weighted by atomic mass is 10.1. The van der Waals surface area contributed by atoms with Gasteiger partial charge in [-0.1, -0.05) is 11.6 Å². The van der Waals surface area contributed by atoms with Crippen molar-refractivity contribution in [3.63, 3.8) is 0 Å². The minimum atomic E-state index is 0.393. The maximum absolute atomic E-state index is 5.96. The largest absolute Gasteiger partial charge is 0.497 e. The molecule has 0 amide bonds. The van der Waals surface area contributed by atoms with Gasteiger partial charge in [-0.05, 0) is 54.6 Å². The number of hydrogen-bond acceptors (Lipinski definition) is 3.